The Morgan fingerprint density at radius 1 is 1.21 bits per heavy atom. The second kappa shape index (κ2) is 6.67. The number of aliphatic hydroxyl groups is 1. The summed E-state index contributed by atoms with van der Waals surface area (Å²) in [5, 5.41) is 13.8. The summed E-state index contributed by atoms with van der Waals surface area (Å²) in [6.07, 6.45) is 4.37. The third kappa shape index (κ3) is 2.99. The van der Waals surface area contributed by atoms with Crippen LogP contribution in [0.15, 0.2) is 0 Å². The zero-order chi connectivity index (χ0) is 17.4. The lowest BCUT2D eigenvalue weighted by Crippen LogP contribution is -2.47. The number of rotatable bonds is 5. The van der Waals surface area contributed by atoms with Gasteiger partial charge in [0.05, 0.1) is 11.3 Å². The van der Waals surface area contributed by atoms with Gasteiger partial charge in [-0.05, 0) is 52.4 Å². The predicted octanol–water partition coefficient (Wildman–Crippen LogP) is 1.85. The van der Waals surface area contributed by atoms with Gasteiger partial charge in [-0.15, -0.1) is 0 Å². The van der Waals surface area contributed by atoms with Gasteiger partial charge < -0.3 is 10.0 Å². The molecule has 0 radical (unpaired) electrons. The monoisotopic (exact) mass is 333 g/mol. The molecule has 6 nitrogen and oxygen atoms in total. The number of Topliss-reactive ketones (excluding diaryl/α,β-unsaturated/α-hetero) is 1. The number of carbonyl (C=O) groups is 2. The van der Waals surface area contributed by atoms with E-state index in [9.17, 15) is 14.7 Å². The molecule has 2 saturated heterocycles. The first-order chi connectivity index (χ1) is 11.4. The van der Waals surface area contributed by atoms with Gasteiger partial charge in [0, 0.05) is 37.4 Å². The zero-order valence-corrected chi connectivity index (χ0v) is 14.8. The lowest BCUT2D eigenvalue weighted by atomic mass is 9.91. The van der Waals surface area contributed by atoms with Crippen molar-refractivity contribution in [2.75, 3.05) is 6.61 Å². The molecule has 2 aliphatic rings. The lowest BCUT2D eigenvalue weighted by Gasteiger charge is -2.38. The molecule has 0 saturated carbocycles. The third-order valence-electron chi connectivity index (χ3n) is 5.65. The second-order valence-corrected chi connectivity index (χ2v) is 7.28. The van der Waals surface area contributed by atoms with E-state index in [1.807, 2.05) is 13.8 Å². The maximum absolute atomic E-state index is 12.7. The first-order valence-corrected chi connectivity index (χ1v) is 8.89. The van der Waals surface area contributed by atoms with Crippen molar-refractivity contribution >= 4 is 11.7 Å². The number of nitrogens with zero attached hydrogens (tertiary/aromatic N) is 3. The number of aryl methyl sites for hydroxylation is 2. The van der Waals surface area contributed by atoms with Crippen LogP contribution in [0.1, 0.15) is 60.8 Å². The second-order valence-electron chi connectivity index (χ2n) is 7.28. The van der Waals surface area contributed by atoms with Gasteiger partial charge >= 0.3 is 0 Å². The molecule has 2 bridgehead atoms. The van der Waals surface area contributed by atoms with Gasteiger partial charge in [-0.3, -0.25) is 14.3 Å². The summed E-state index contributed by atoms with van der Waals surface area (Å²) < 4.78 is 1.78. The van der Waals surface area contributed by atoms with Crippen LogP contribution in [0, 0.1) is 19.8 Å². The fourth-order valence-corrected chi connectivity index (χ4v) is 4.60. The Labute approximate surface area is 142 Å². The molecule has 132 valence electrons. The maximum atomic E-state index is 12.7. The number of aromatic nitrogens is 2. The van der Waals surface area contributed by atoms with Crippen molar-refractivity contribution in [3.05, 3.63) is 17.0 Å². The fourth-order valence-electron chi connectivity index (χ4n) is 4.60. The molecule has 0 spiro atoms. The van der Waals surface area contributed by atoms with Crippen molar-refractivity contribution < 1.29 is 14.7 Å². The van der Waals surface area contributed by atoms with Crippen molar-refractivity contribution in [1.29, 1.82) is 0 Å². The van der Waals surface area contributed by atoms with Gasteiger partial charge in [-0.1, -0.05) is 0 Å². The van der Waals surface area contributed by atoms with E-state index in [0.29, 0.717) is 36.5 Å². The zero-order valence-electron chi connectivity index (χ0n) is 14.8. The minimum absolute atomic E-state index is 0.0201. The highest BCUT2D eigenvalue weighted by atomic mass is 16.3. The van der Waals surface area contributed by atoms with Crippen LogP contribution in [-0.2, 0) is 11.3 Å². The summed E-state index contributed by atoms with van der Waals surface area (Å²) in [7, 11) is 0. The van der Waals surface area contributed by atoms with Crippen molar-refractivity contribution in [3.8, 4) is 0 Å². The van der Waals surface area contributed by atoms with Gasteiger partial charge in [0.1, 0.15) is 0 Å². The van der Waals surface area contributed by atoms with Crippen molar-refractivity contribution in [2.24, 2.45) is 5.92 Å². The quantitative estimate of drug-likeness (QED) is 0.835. The molecular formula is C18H27N3O3. The Morgan fingerprint density at radius 3 is 2.33 bits per heavy atom. The van der Waals surface area contributed by atoms with Crippen LogP contribution in [0.2, 0.25) is 0 Å². The van der Waals surface area contributed by atoms with E-state index in [1.165, 1.54) is 0 Å². The molecule has 3 atom stereocenters. The fraction of sp³-hybridized carbons (Fsp3) is 0.722. The Kier molecular flexibility index (Phi) is 4.76. The Morgan fingerprint density at radius 2 is 1.83 bits per heavy atom. The summed E-state index contributed by atoms with van der Waals surface area (Å²) in [6, 6.07) is 0.586. The first kappa shape index (κ1) is 17.1. The van der Waals surface area contributed by atoms with Gasteiger partial charge in [-0.25, -0.2) is 0 Å². The molecule has 6 heteroatoms. The highest BCUT2D eigenvalue weighted by Crippen LogP contribution is 2.38. The molecule has 3 heterocycles. The smallest absolute Gasteiger partial charge is 0.224 e. The number of amides is 1. The molecule has 2 fully saturated rings. The predicted molar refractivity (Wildman–Crippen MR) is 89.8 cm³/mol. The number of ketones is 1. The van der Waals surface area contributed by atoms with Crippen molar-refractivity contribution in [3.63, 3.8) is 0 Å². The van der Waals surface area contributed by atoms with Gasteiger partial charge in [0.15, 0.2) is 5.78 Å². The summed E-state index contributed by atoms with van der Waals surface area (Å²) in [5.41, 5.74) is 2.25. The highest BCUT2D eigenvalue weighted by Gasteiger charge is 2.42. The van der Waals surface area contributed by atoms with Gasteiger partial charge in [-0.2, -0.15) is 5.10 Å². The SMILES string of the molecule is CC(=O)c1c(C)nn(CCC(=O)N2[C@@H]3CC[C@H]2CC(CO)C3)c1C. The molecule has 0 aliphatic carbocycles. The largest absolute Gasteiger partial charge is 0.396 e. The van der Waals surface area contributed by atoms with Crippen LogP contribution in [0.5, 0.6) is 0 Å². The number of aliphatic hydroxyl groups excluding tert-OH is 1. The van der Waals surface area contributed by atoms with E-state index < -0.39 is 0 Å². The average molecular weight is 333 g/mol. The Bertz CT molecular complexity index is 638. The summed E-state index contributed by atoms with van der Waals surface area (Å²) >= 11 is 0. The first-order valence-electron chi connectivity index (χ1n) is 8.89. The molecule has 1 aromatic rings. The average Bonchev–Trinajstić information content (AvgIpc) is 2.97. The van der Waals surface area contributed by atoms with E-state index in [0.717, 1.165) is 37.1 Å². The maximum Gasteiger partial charge on any atom is 0.224 e. The normalized spacial score (nSPS) is 26.0. The standard InChI is InChI=1S/C18H27N3O3/c1-11-18(13(3)23)12(2)20(19-11)7-6-17(24)21-15-4-5-16(21)9-14(8-15)10-22/h14-16,22H,4-10H2,1-3H3/t14?,15-,16+. The summed E-state index contributed by atoms with van der Waals surface area (Å²) in [5.74, 6) is 0.545. The molecular weight excluding hydrogens is 306 g/mol. The van der Waals surface area contributed by atoms with Crippen LogP contribution < -0.4 is 0 Å². The van der Waals surface area contributed by atoms with Crippen LogP contribution in [-0.4, -0.2) is 50.2 Å². The summed E-state index contributed by atoms with van der Waals surface area (Å²) in [4.78, 5) is 26.5. The molecule has 1 aromatic heterocycles. The Balaban J connectivity index is 1.65. The van der Waals surface area contributed by atoms with Crippen molar-refractivity contribution in [2.45, 2.75) is 71.5 Å². The third-order valence-corrected chi connectivity index (χ3v) is 5.65. The number of carbonyl (C=O) groups excluding carboxylic acids is 2. The lowest BCUT2D eigenvalue weighted by molar-refractivity contribution is -0.137. The van der Waals surface area contributed by atoms with E-state index in [4.69, 9.17) is 0 Å². The molecule has 1 amide bonds. The van der Waals surface area contributed by atoms with Crippen LogP contribution in [0.25, 0.3) is 0 Å². The number of hydrogen-bond acceptors (Lipinski definition) is 4. The van der Waals surface area contributed by atoms with E-state index >= 15 is 0 Å². The van der Waals surface area contributed by atoms with E-state index in [2.05, 4.69) is 10.00 Å². The van der Waals surface area contributed by atoms with Crippen molar-refractivity contribution in [1.82, 2.24) is 14.7 Å². The molecule has 0 aromatic carbocycles. The molecule has 2 aliphatic heterocycles. The molecule has 24 heavy (non-hydrogen) atoms. The van der Waals surface area contributed by atoms with Gasteiger partial charge in [0.2, 0.25) is 5.91 Å². The number of piperidine rings is 1. The minimum atomic E-state index is 0.0201. The van der Waals surface area contributed by atoms with Gasteiger partial charge in [0.25, 0.3) is 0 Å². The van der Waals surface area contributed by atoms with Crippen LogP contribution in [0.3, 0.4) is 0 Å². The topological polar surface area (TPSA) is 75.4 Å². The van der Waals surface area contributed by atoms with Crippen LogP contribution >= 0.6 is 0 Å². The Hall–Kier alpha value is -1.69. The summed E-state index contributed by atoms with van der Waals surface area (Å²) in [6.45, 7) is 6.02. The number of hydrogen-bond donors (Lipinski definition) is 1. The molecule has 3 rings (SSSR count). The highest BCUT2D eigenvalue weighted by molar-refractivity contribution is 5.96. The number of fused-ring (bicyclic) bond motifs is 2. The van der Waals surface area contributed by atoms with Crippen LogP contribution in [0.4, 0.5) is 0 Å². The molecule has 1 unspecified atom stereocenters. The minimum Gasteiger partial charge on any atom is -0.396 e. The van der Waals surface area contributed by atoms with E-state index in [-0.39, 0.29) is 18.3 Å². The van der Waals surface area contributed by atoms with E-state index in [1.54, 1.807) is 11.6 Å². The molecule has 1 N–H and O–H groups in total.